The summed E-state index contributed by atoms with van der Waals surface area (Å²) in [7, 11) is 0. The number of hydrogen-bond acceptors (Lipinski definition) is 4. The Balaban J connectivity index is 1.79. The molecule has 2 aromatic heterocycles. The summed E-state index contributed by atoms with van der Waals surface area (Å²) in [6.45, 7) is 0.718. The van der Waals surface area contributed by atoms with Gasteiger partial charge in [0.15, 0.2) is 0 Å². The highest BCUT2D eigenvalue weighted by molar-refractivity contribution is 5.75. The monoisotopic (exact) mass is 236 g/mol. The Morgan fingerprint density at radius 2 is 1.72 bits per heavy atom. The normalized spacial score (nSPS) is 10.4. The Bertz CT molecular complexity index is 652. The molecule has 88 valence electrons. The van der Waals surface area contributed by atoms with E-state index in [1.54, 1.807) is 18.6 Å². The zero-order valence-corrected chi connectivity index (χ0v) is 9.74. The van der Waals surface area contributed by atoms with Gasteiger partial charge < -0.3 is 5.32 Å². The first-order valence-electron chi connectivity index (χ1n) is 5.76. The van der Waals surface area contributed by atoms with Gasteiger partial charge in [-0.15, -0.1) is 0 Å². The number of para-hydroxylation sites is 2. The van der Waals surface area contributed by atoms with E-state index in [2.05, 4.69) is 20.3 Å². The van der Waals surface area contributed by atoms with Crippen LogP contribution in [0.4, 0.5) is 5.82 Å². The first kappa shape index (κ1) is 10.7. The van der Waals surface area contributed by atoms with Gasteiger partial charge in [0, 0.05) is 18.9 Å². The van der Waals surface area contributed by atoms with Crippen LogP contribution in [0.2, 0.25) is 0 Å². The lowest BCUT2D eigenvalue weighted by Crippen LogP contribution is -2.02. The molecule has 0 aliphatic carbocycles. The molecule has 0 unspecified atom stereocenters. The number of hydrogen-bond donors (Lipinski definition) is 1. The molecule has 3 rings (SSSR count). The standard InChI is InChI=1S/C14H12N4/c1-2-4-13-12(3-1)16-10-14(18-13)17-9-11-5-7-15-8-6-11/h1-8,10H,9H2,(H,17,18). The largest absolute Gasteiger partial charge is 0.365 e. The van der Waals surface area contributed by atoms with Crippen LogP contribution in [0.15, 0.2) is 55.0 Å². The van der Waals surface area contributed by atoms with Gasteiger partial charge >= 0.3 is 0 Å². The van der Waals surface area contributed by atoms with E-state index < -0.39 is 0 Å². The summed E-state index contributed by atoms with van der Waals surface area (Å²) in [5.41, 5.74) is 2.98. The number of nitrogens with zero attached hydrogens (tertiary/aromatic N) is 3. The van der Waals surface area contributed by atoms with E-state index in [4.69, 9.17) is 0 Å². The van der Waals surface area contributed by atoms with Crippen molar-refractivity contribution in [2.24, 2.45) is 0 Å². The lowest BCUT2D eigenvalue weighted by molar-refractivity contribution is 1.09. The Labute approximate surface area is 105 Å². The number of anilines is 1. The van der Waals surface area contributed by atoms with Crippen LogP contribution in [-0.2, 0) is 6.54 Å². The fourth-order valence-electron chi connectivity index (χ4n) is 1.74. The zero-order valence-electron chi connectivity index (χ0n) is 9.74. The molecule has 0 saturated heterocycles. The van der Waals surface area contributed by atoms with Gasteiger partial charge in [-0.1, -0.05) is 12.1 Å². The van der Waals surface area contributed by atoms with Gasteiger partial charge in [-0.3, -0.25) is 9.97 Å². The van der Waals surface area contributed by atoms with E-state index >= 15 is 0 Å². The Morgan fingerprint density at radius 3 is 2.56 bits per heavy atom. The molecular formula is C14H12N4. The molecule has 0 aliphatic rings. The second kappa shape index (κ2) is 4.79. The van der Waals surface area contributed by atoms with Gasteiger partial charge in [0.1, 0.15) is 5.82 Å². The lowest BCUT2D eigenvalue weighted by atomic mass is 10.3. The molecule has 1 aromatic carbocycles. The van der Waals surface area contributed by atoms with Crippen LogP contribution >= 0.6 is 0 Å². The molecule has 3 aromatic rings. The molecule has 18 heavy (non-hydrogen) atoms. The van der Waals surface area contributed by atoms with Gasteiger partial charge in [-0.05, 0) is 29.8 Å². The van der Waals surface area contributed by atoms with E-state index in [9.17, 15) is 0 Å². The fraction of sp³-hybridized carbons (Fsp3) is 0.0714. The van der Waals surface area contributed by atoms with Crippen LogP contribution in [0, 0.1) is 0 Å². The first-order valence-corrected chi connectivity index (χ1v) is 5.76. The predicted octanol–water partition coefficient (Wildman–Crippen LogP) is 2.64. The predicted molar refractivity (Wildman–Crippen MR) is 71.1 cm³/mol. The highest BCUT2D eigenvalue weighted by Crippen LogP contribution is 2.11. The molecular weight excluding hydrogens is 224 g/mol. The second-order valence-corrected chi connectivity index (χ2v) is 3.95. The van der Waals surface area contributed by atoms with Crippen molar-refractivity contribution in [3.63, 3.8) is 0 Å². The number of nitrogens with one attached hydrogen (secondary N) is 1. The topological polar surface area (TPSA) is 50.7 Å². The molecule has 4 heteroatoms. The van der Waals surface area contributed by atoms with E-state index in [1.165, 1.54) is 5.56 Å². The minimum absolute atomic E-state index is 0.718. The molecule has 0 aliphatic heterocycles. The van der Waals surface area contributed by atoms with Gasteiger partial charge in [-0.2, -0.15) is 0 Å². The minimum atomic E-state index is 0.718. The number of benzene rings is 1. The molecule has 0 spiro atoms. The van der Waals surface area contributed by atoms with Crippen LogP contribution in [0.5, 0.6) is 0 Å². The molecule has 0 atom stereocenters. The fourth-order valence-corrected chi connectivity index (χ4v) is 1.74. The zero-order chi connectivity index (χ0) is 12.2. The van der Waals surface area contributed by atoms with E-state index in [1.807, 2.05) is 36.4 Å². The maximum absolute atomic E-state index is 4.50. The van der Waals surface area contributed by atoms with Gasteiger partial charge in [-0.25, -0.2) is 4.98 Å². The van der Waals surface area contributed by atoms with Gasteiger partial charge in [0.05, 0.1) is 17.2 Å². The molecule has 0 bridgehead atoms. The summed E-state index contributed by atoms with van der Waals surface area (Å²) >= 11 is 0. The summed E-state index contributed by atoms with van der Waals surface area (Å²) in [6.07, 6.45) is 5.32. The Kier molecular flexibility index (Phi) is 2.84. The SMILES string of the molecule is c1ccc2nc(NCc3ccncc3)cnc2c1. The number of pyridine rings is 1. The van der Waals surface area contributed by atoms with E-state index in [0.29, 0.717) is 0 Å². The summed E-state index contributed by atoms with van der Waals surface area (Å²) in [5.74, 6) is 0.783. The number of aromatic nitrogens is 3. The molecule has 4 nitrogen and oxygen atoms in total. The van der Waals surface area contributed by atoms with Crippen molar-refractivity contribution in [1.29, 1.82) is 0 Å². The smallest absolute Gasteiger partial charge is 0.145 e. The van der Waals surface area contributed by atoms with Gasteiger partial charge in [0.25, 0.3) is 0 Å². The van der Waals surface area contributed by atoms with Crippen LogP contribution in [-0.4, -0.2) is 15.0 Å². The van der Waals surface area contributed by atoms with Gasteiger partial charge in [0.2, 0.25) is 0 Å². The van der Waals surface area contributed by atoms with Crippen LogP contribution in [0.1, 0.15) is 5.56 Å². The van der Waals surface area contributed by atoms with Crippen molar-refractivity contribution >= 4 is 16.9 Å². The first-order chi connectivity index (χ1) is 8.92. The average molecular weight is 236 g/mol. The molecule has 1 N–H and O–H groups in total. The second-order valence-electron chi connectivity index (χ2n) is 3.95. The summed E-state index contributed by atoms with van der Waals surface area (Å²) < 4.78 is 0. The highest BCUT2D eigenvalue weighted by atomic mass is 15.0. The third-order valence-corrected chi connectivity index (χ3v) is 2.67. The van der Waals surface area contributed by atoms with Crippen molar-refractivity contribution in [2.45, 2.75) is 6.54 Å². The third kappa shape index (κ3) is 2.27. The Morgan fingerprint density at radius 1 is 0.944 bits per heavy atom. The van der Waals surface area contributed by atoms with E-state index in [-0.39, 0.29) is 0 Å². The van der Waals surface area contributed by atoms with Crippen LogP contribution in [0.25, 0.3) is 11.0 Å². The maximum Gasteiger partial charge on any atom is 0.145 e. The lowest BCUT2D eigenvalue weighted by Gasteiger charge is -2.05. The third-order valence-electron chi connectivity index (χ3n) is 2.67. The van der Waals surface area contributed by atoms with Crippen molar-refractivity contribution in [1.82, 2.24) is 15.0 Å². The number of fused-ring (bicyclic) bond motifs is 1. The van der Waals surface area contributed by atoms with Crippen LogP contribution in [0.3, 0.4) is 0 Å². The van der Waals surface area contributed by atoms with Crippen molar-refractivity contribution < 1.29 is 0 Å². The summed E-state index contributed by atoms with van der Waals surface area (Å²) in [5, 5.41) is 3.25. The van der Waals surface area contributed by atoms with Crippen molar-refractivity contribution in [3.05, 3.63) is 60.6 Å². The van der Waals surface area contributed by atoms with E-state index in [0.717, 1.165) is 23.4 Å². The molecule has 0 amide bonds. The quantitative estimate of drug-likeness (QED) is 0.759. The highest BCUT2D eigenvalue weighted by Gasteiger charge is 1.98. The van der Waals surface area contributed by atoms with Crippen molar-refractivity contribution in [2.75, 3.05) is 5.32 Å². The molecule has 0 fully saturated rings. The molecule has 0 radical (unpaired) electrons. The molecule has 0 saturated carbocycles. The average Bonchev–Trinajstić information content (AvgIpc) is 2.46. The Hall–Kier alpha value is -2.49. The summed E-state index contributed by atoms with van der Waals surface area (Å²) in [6, 6.07) is 11.8. The number of rotatable bonds is 3. The maximum atomic E-state index is 4.50. The summed E-state index contributed by atoms with van der Waals surface area (Å²) in [4.78, 5) is 12.8. The minimum Gasteiger partial charge on any atom is -0.365 e. The van der Waals surface area contributed by atoms with Crippen molar-refractivity contribution in [3.8, 4) is 0 Å². The molecule has 2 heterocycles. The van der Waals surface area contributed by atoms with Crippen LogP contribution < -0.4 is 5.32 Å².